The van der Waals surface area contributed by atoms with Crippen LogP contribution in [0.1, 0.15) is 35.3 Å². The normalized spacial score (nSPS) is 25.8. The van der Waals surface area contributed by atoms with E-state index < -0.39 is 48.8 Å². The molecule has 3 rings (SSSR count). The van der Waals surface area contributed by atoms with E-state index in [-0.39, 0.29) is 29.9 Å². The highest BCUT2D eigenvalue weighted by molar-refractivity contribution is 5.45. The lowest BCUT2D eigenvalue weighted by molar-refractivity contribution is -0.231. The van der Waals surface area contributed by atoms with E-state index in [0.29, 0.717) is 11.1 Å². The monoisotopic (exact) mass is 435 g/mol. The fourth-order valence-corrected chi connectivity index (χ4v) is 3.60. The zero-order valence-corrected chi connectivity index (χ0v) is 16.7. The standard InChI is InChI=1S/C22H23F2NO6/c1-2-30-15-6-5-11(17(23)18(15)24)7-14-8-12(3-4-13(14)9-25)22-21(29)20(28)19(27)16(10-26)31-22/h3-6,8,16,19-22,26-29H,2,7,10H2,1H3/t16-,19-,20+,21-,22+/m1/s1. The van der Waals surface area contributed by atoms with Crippen LogP contribution in [0.25, 0.3) is 0 Å². The summed E-state index contributed by atoms with van der Waals surface area (Å²) in [6, 6.07) is 9.08. The Morgan fingerprint density at radius 3 is 2.42 bits per heavy atom. The molecule has 0 bridgehead atoms. The highest BCUT2D eigenvalue weighted by atomic mass is 19.2. The summed E-state index contributed by atoms with van der Waals surface area (Å²) in [6.45, 7) is 1.24. The van der Waals surface area contributed by atoms with Crippen LogP contribution >= 0.6 is 0 Å². The van der Waals surface area contributed by atoms with Crippen LogP contribution in [-0.4, -0.2) is 58.1 Å². The van der Waals surface area contributed by atoms with Crippen molar-refractivity contribution in [2.24, 2.45) is 0 Å². The summed E-state index contributed by atoms with van der Waals surface area (Å²) in [7, 11) is 0. The van der Waals surface area contributed by atoms with Crippen LogP contribution in [0.5, 0.6) is 5.75 Å². The molecule has 166 valence electrons. The molecule has 4 N–H and O–H groups in total. The van der Waals surface area contributed by atoms with E-state index in [1.807, 2.05) is 6.07 Å². The van der Waals surface area contributed by atoms with Gasteiger partial charge in [-0.1, -0.05) is 18.2 Å². The van der Waals surface area contributed by atoms with Gasteiger partial charge in [0.05, 0.1) is 24.8 Å². The molecule has 5 atom stereocenters. The molecule has 2 aromatic carbocycles. The molecule has 7 nitrogen and oxygen atoms in total. The summed E-state index contributed by atoms with van der Waals surface area (Å²) in [6.07, 6.45) is -6.89. The molecule has 0 spiro atoms. The topological polar surface area (TPSA) is 123 Å². The van der Waals surface area contributed by atoms with Gasteiger partial charge in [-0.15, -0.1) is 0 Å². The van der Waals surface area contributed by atoms with Gasteiger partial charge in [-0.3, -0.25) is 0 Å². The van der Waals surface area contributed by atoms with Gasteiger partial charge in [0.25, 0.3) is 0 Å². The highest BCUT2D eigenvalue weighted by Gasteiger charge is 2.44. The van der Waals surface area contributed by atoms with E-state index in [2.05, 4.69) is 0 Å². The Labute approximate surface area is 177 Å². The second-order valence-corrected chi connectivity index (χ2v) is 7.24. The van der Waals surface area contributed by atoms with E-state index in [1.165, 1.54) is 30.3 Å². The number of nitrogens with zero attached hydrogens (tertiary/aromatic N) is 1. The van der Waals surface area contributed by atoms with Crippen LogP contribution in [-0.2, 0) is 11.2 Å². The molecule has 1 fully saturated rings. The Morgan fingerprint density at radius 1 is 1.03 bits per heavy atom. The molecule has 1 saturated heterocycles. The molecular weight excluding hydrogens is 412 g/mol. The number of rotatable bonds is 6. The van der Waals surface area contributed by atoms with Crippen molar-refractivity contribution in [3.8, 4) is 11.8 Å². The smallest absolute Gasteiger partial charge is 0.200 e. The van der Waals surface area contributed by atoms with Crippen molar-refractivity contribution in [1.29, 1.82) is 5.26 Å². The Balaban J connectivity index is 1.95. The van der Waals surface area contributed by atoms with Gasteiger partial charge >= 0.3 is 0 Å². The van der Waals surface area contributed by atoms with Crippen LogP contribution < -0.4 is 4.74 Å². The average Bonchev–Trinajstić information content (AvgIpc) is 2.77. The van der Waals surface area contributed by atoms with Crippen LogP contribution in [0.3, 0.4) is 0 Å². The zero-order valence-electron chi connectivity index (χ0n) is 16.7. The maximum atomic E-state index is 14.5. The Hall–Kier alpha value is -2.61. The number of nitriles is 1. The number of ether oxygens (including phenoxy) is 2. The second-order valence-electron chi connectivity index (χ2n) is 7.24. The molecule has 1 aliphatic rings. The Kier molecular flexibility index (Phi) is 7.20. The molecule has 9 heteroatoms. The first-order chi connectivity index (χ1) is 14.8. The van der Waals surface area contributed by atoms with Crippen molar-refractivity contribution in [2.75, 3.05) is 13.2 Å². The minimum absolute atomic E-state index is 0.00315. The van der Waals surface area contributed by atoms with E-state index in [4.69, 9.17) is 9.47 Å². The van der Waals surface area contributed by atoms with Crippen molar-refractivity contribution in [1.82, 2.24) is 0 Å². The summed E-state index contributed by atoms with van der Waals surface area (Å²) in [4.78, 5) is 0. The number of benzene rings is 2. The summed E-state index contributed by atoms with van der Waals surface area (Å²) >= 11 is 0. The highest BCUT2D eigenvalue weighted by Crippen LogP contribution is 2.34. The zero-order chi connectivity index (χ0) is 22.7. The minimum Gasteiger partial charge on any atom is -0.491 e. The largest absolute Gasteiger partial charge is 0.491 e. The minimum atomic E-state index is -1.56. The van der Waals surface area contributed by atoms with Crippen molar-refractivity contribution in [2.45, 2.75) is 43.9 Å². The van der Waals surface area contributed by atoms with E-state index in [1.54, 1.807) is 6.92 Å². The maximum absolute atomic E-state index is 14.5. The van der Waals surface area contributed by atoms with Crippen LogP contribution in [0.4, 0.5) is 8.78 Å². The molecule has 1 aliphatic heterocycles. The summed E-state index contributed by atoms with van der Waals surface area (Å²) in [5, 5.41) is 49.1. The lowest BCUT2D eigenvalue weighted by atomic mass is 9.89. The van der Waals surface area contributed by atoms with Gasteiger partial charge in [-0.25, -0.2) is 4.39 Å². The third-order valence-corrected chi connectivity index (χ3v) is 5.28. The third kappa shape index (κ3) is 4.54. The van der Waals surface area contributed by atoms with Crippen LogP contribution in [0, 0.1) is 23.0 Å². The number of hydrogen-bond donors (Lipinski definition) is 4. The molecule has 0 radical (unpaired) electrons. The van der Waals surface area contributed by atoms with Crippen molar-refractivity contribution < 1.29 is 38.7 Å². The van der Waals surface area contributed by atoms with Crippen molar-refractivity contribution in [3.63, 3.8) is 0 Å². The predicted octanol–water partition coefficient (Wildman–Crippen LogP) is 1.34. The summed E-state index contributed by atoms with van der Waals surface area (Å²) < 4.78 is 39.3. The fraction of sp³-hybridized carbons (Fsp3) is 0.409. The van der Waals surface area contributed by atoms with E-state index in [0.717, 1.165) is 0 Å². The maximum Gasteiger partial charge on any atom is 0.200 e. The van der Waals surface area contributed by atoms with Gasteiger partial charge in [-0.2, -0.15) is 9.65 Å². The molecule has 0 amide bonds. The van der Waals surface area contributed by atoms with Crippen molar-refractivity contribution >= 4 is 0 Å². The number of hydrogen-bond acceptors (Lipinski definition) is 7. The molecule has 1 heterocycles. The SMILES string of the molecule is CCOc1ccc(Cc2cc([C@@H]3O[C@H](CO)[C@@H](O)[C@H](O)[C@H]3O)ccc2C#N)c(F)c1F. The molecule has 2 aromatic rings. The quantitative estimate of drug-likeness (QED) is 0.540. The second kappa shape index (κ2) is 9.68. The molecule has 0 saturated carbocycles. The van der Waals surface area contributed by atoms with E-state index in [9.17, 15) is 34.5 Å². The van der Waals surface area contributed by atoms with Crippen LogP contribution in [0.2, 0.25) is 0 Å². The molecule has 0 unspecified atom stereocenters. The Morgan fingerprint density at radius 2 is 1.77 bits per heavy atom. The third-order valence-electron chi connectivity index (χ3n) is 5.28. The van der Waals surface area contributed by atoms with Gasteiger partial charge in [0.2, 0.25) is 5.82 Å². The van der Waals surface area contributed by atoms with E-state index >= 15 is 0 Å². The van der Waals surface area contributed by atoms with Gasteiger partial charge in [-0.05, 0) is 35.7 Å². The molecular formula is C22H23F2NO6. The number of aliphatic hydroxyl groups is 4. The molecule has 0 aromatic heterocycles. The number of aliphatic hydroxyl groups excluding tert-OH is 4. The Bertz CT molecular complexity index is 977. The lowest BCUT2D eigenvalue weighted by Gasteiger charge is -2.40. The summed E-state index contributed by atoms with van der Waals surface area (Å²) in [5.41, 5.74) is 0.905. The lowest BCUT2D eigenvalue weighted by Crippen LogP contribution is -2.55. The summed E-state index contributed by atoms with van der Waals surface area (Å²) in [5.74, 6) is -2.42. The first kappa shape index (κ1) is 23.1. The van der Waals surface area contributed by atoms with Crippen molar-refractivity contribution in [3.05, 3.63) is 64.2 Å². The van der Waals surface area contributed by atoms with Gasteiger partial charge in [0.15, 0.2) is 11.6 Å². The average molecular weight is 435 g/mol. The molecule has 0 aliphatic carbocycles. The first-order valence-corrected chi connectivity index (χ1v) is 9.75. The van der Waals surface area contributed by atoms with Crippen LogP contribution in [0.15, 0.2) is 30.3 Å². The fourth-order valence-electron chi connectivity index (χ4n) is 3.60. The molecule has 31 heavy (non-hydrogen) atoms. The number of halogens is 2. The van der Waals surface area contributed by atoms with Gasteiger partial charge < -0.3 is 29.9 Å². The first-order valence-electron chi connectivity index (χ1n) is 9.75. The predicted molar refractivity (Wildman–Crippen MR) is 104 cm³/mol. The van der Waals surface area contributed by atoms with Gasteiger partial charge in [0, 0.05) is 6.42 Å². The van der Waals surface area contributed by atoms with Gasteiger partial charge in [0.1, 0.15) is 30.5 Å².